The number of carbonyl (C=O) groups excluding carboxylic acids is 1. The zero-order chi connectivity index (χ0) is 14.2. The van der Waals surface area contributed by atoms with Crippen molar-refractivity contribution in [1.82, 2.24) is 9.97 Å². The number of carbonyl (C=O) groups is 1. The molecule has 4 nitrogen and oxygen atoms in total. The summed E-state index contributed by atoms with van der Waals surface area (Å²) in [5, 5.41) is 0.918. The SMILES string of the molecule is O=C(c1ccc2nccnc2c1)c1cc2ccccc2o1. The second-order valence-corrected chi connectivity index (χ2v) is 4.74. The topological polar surface area (TPSA) is 56.0 Å². The summed E-state index contributed by atoms with van der Waals surface area (Å²) in [5.74, 6) is 0.179. The van der Waals surface area contributed by atoms with E-state index in [1.807, 2.05) is 24.3 Å². The Kier molecular flexibility index (Phi) is 2.54. The monoisotopic (exact) mass is 274 g/mol. The van der Waals surface area contributed by atoms with E-state index >= 15 is 0 Å². The molecule has 0 N–H and O–H groups in total. The molecule has 100 valence electrons. The van der Waals surface area contributed by atoms with E-state index < -0.39 is 0 Å². The van der Waals surface area contributed by atoms with Crippen LogP contribution in [0.1, 0.15) is 16.1 Å². The summed E-state index contributed by atoms with van der Waals surface area (Å²) in [5.41, 5.74) is 2.71. The maximum atomic E-state index is 12.5. The van der Waals surface area contributed by atoms with Crippen LogP contribution in [0.3, 0.4) is 0 Å². The molecule has 0 aliphatic heterocycles. The normalized spacial score (nSPS) is 11.0. The summed E-state index contributed by atoms with van der Waals surface area (Å²) in [7, 11) is 0. The number of rotatable bonds is 2. The highest BCUT2D eigenvalue weighted by atomic mass is 16.3. The Balaban J connectivity index is 1.81. The molecule has 0 atom stereocenters. The molecule has 4 aromatic rings. The predicted molar refractivity (Wildman–Crippen MR) is 79.2 cm³/mol. The lowest BCUT2D eigenvalue weighted by atomic mass is 10.1. The van der Waals surface area contributed by atoms with Gasteiger partial charge in [0.05, 0.1) is 11.0 Å². The Morgan fingerprint density at radius 2 is 1.71 bits per heavy atom. The number of para-hydroxylation sites is 1. The third kappa shape index (κ3) is 1.97. The van der Waals surface area contributed by atoms with Gasteiger partial charge in [0.15, 0.2) is 5.76 Å². The zero-order valence-corrected chi connectivity index (χ0v) is 11.0. The Labute approximate surface area is 120 Å². The summed E-state index contributed by atoms with van der Waals surface area (Å²) in [6.45, 7) is 0. The van der Waals surface area contributed by atoms with Crippen molar-refractivity contribution in [2.24, 2.45) is 0 Å². The maximum Gasteiger partial charge on any atom is 0.228 e. The van der Waals surface area contributed by atoms with Crippen LogP contribution in [0.2, 0.25) is 0 Å². The first-order chi connectivity index (χ1) is 10.3. The molecular weight excluding hydrogens is 264 g/mol. The molecule has 0 bridgehead atoms. The predicted octanol–water partition coefficient (Wildman–Crippen LogP) is 3.61. The van der Waals surface area contributed by atoms with E-state index in [1.54, 1.807) is 36.7 Å². The summed E-state index contributed by atoms with van der Waals surface area (Å²) in [4.78, 5) is 20.9. The molecule has 0 fully saturated rings. The maximum absolute atomic E-state index is 12.5. The second-order valence-electron chi connectivity index (χ2n) is 4.74. The van der Waals surface area contributed by atoms with Gasteiger partial charge in [-0.25, -0.2) is 0 Å². The lowest BCUT2D eigenvalue weighted by Gasteiger charge is -1.99. The summed E-state index contributed by atoms with van der Waals surface area (Å²) >= 11 is 0. The van der Waals surface area contributed by atoms with Gasteiger partial charge in [0.25, 0.3) is 0 Å². The van der Waals surface area contributed by atoms with Crippen molar-refractivity contribution in [1.29, 1.82) is 0 Å². The quantitative estimate of drug-likeness (QED) is 0.524. The number of fused-ring (bicyclic) bond motifs is 2. The number of furan rings is 1. The van der Waals surface area contributed by atoms with Crippen molar-refractivity contribution in [3.8, 4) is 0 Å². The van der Waals surface area contributed by atoms with Crippen LogP contribution < -0.4 is 0 Å². The van der Waals surface area contributed by atoms with Gasteiger partial charge in [-0.3, -0.25) is 14.8 Å². The fourth-order valence-electron chi connectivity index (χ4n) is 2.34. The van der Waals surface area contributed by atoms with E-state index in [4.69, 9.17) is 4.42 Å². The third-order valence-electron chi connectivity index (χ3n) is 3.38. The molecule has 0 radical (unpaired) electrons. The molecule has 4 rings (SSSR count). The number of aromatic nitrogens is 2. The summed E-state index contributed by atoms with van der Waals surface area (Å²) in [6.07, 6.45) is 3.24. The van der Waals surface area contributed by atoms with Crippen LogP contribution in [-0.4, -0.2) is 15.8 Å². The number of nitrogens with zero attached hydrogens (tertiary/aromatic N) is 2. The molecule has 0 spiro atoms. The number of hydrogen-bond acceptors (Lipinski definition) is 4. The Hall–Kier alpha value is -3.01. The standard InChI is InChI=1S/C17H10N2O2/c20-17(16-10-11-3-1-2-4-15(11)21-16)12-5-6-13-14(9-12)19-8-7-18-13/h1-10H. The second kappa shape index (κ2) is 4.52. The van der Waals surface area contributed by atoms with E-state index in [9.17, 15) is 4.79 Å². The van der Waals surface area contributed by atoms with Crippen molar-refractivity contribution in [2.75, 3.05) is 0 Å². The van der Waals surface area contributed by atoms with E-state index in [0.717, 1.165) is 10.9 Å². The first kappa shape index (κ1) is 11.8. The van der Waals surface area contributed by atoms with Gasteiger partial charge in [-0.05, 0) is 30.3 Å². The molecule has 0 saturated heterocycles. The lowest BCUT2D eigenvalue weighted by molar-refractivity contribution is 0.101. The van der Waals surface area contributed by atoms with Crippen molar-refractivity contribution < 1.29 is 9.21 Å². The lowest BCUT2D eigenvalue weighted by Crippen LogP contribution is -1.99. The van der Waals surface area contributed by atoms with Crippen LogP contribution in [-0.2, 0) is 0 Å². The van der Waals surface area contributed by atoms with Gasteiger partial charge in [0.2, 0.25) is 5.78 Å². The van der Waals surface area contributed by atoms with Crippen LogP contribution in [0, 0.1) is 0 Å². The average Bonchev–Trinajstić information content (AvgIpc) is 2.97. The largest absolute Gasteiger partial charge is 0.453 e. The van der Waals surface area contributed by atoms with Crippen LogP contribution in [0.15, 0.2) is 65.3 Å². The van der Waals surface area contributed by atoms with Crippen molar-refractivity contribution in [3.05, 3.63) is 72.2 Å². The number of benzene rings is 2. The van der Waals surface area contributed by atoms with Gasteiger partial charge in [0.1, 0.15) is 5.58 Å². The van der Waals surface area contributed by atoms with E-state index in [1.165, 1.54) is 0 Å². The minimum Gasteiger partial charge on any atom is -0.453 e. The van der Waals surface area contributed by atoms with Crippen LogP contribution in [0.4, 0.5) is 0 Å². The molecule has 2 heterocycles. The van der Waals surface area contributed by atoms with E-state index in [-0.39, 0.29) is 5.78 Å². The fraction of sp³-hybridized carbons (Fsp3) is 0. The number of hydrogen-bond donors (Lipinski definition) is 0. The average molecular weight is 274 g/mol. The Bertz CT molecular complexity index is 940. The molecule has 21 heavy (non-hydrogen) atoms. The van der Waals surface area contributed by atoms with Crippen LogP contribution in [0.5, 0.6) is 0 Å². The first-order valence-electron chi connectivity index (χ1n) is 6.55. The van der Waals surface area contributed by atoms with Gasteiger partial charge >= 0.3 is 0 Å². The molecule has 0 unspecified atom stereocenters. The highest BCUT2D eigenvalue weighted by Crippen LogP contribution is 2.22. The molecule has 0 aliphatic carbocycles. The van der Waals surface area contributed by atoms with Gasteiger partial charge in [-0.1, -0.05) is 18.2 Å². The molecular formula is C17H10N2O2. The molecule has 0 aliphatic rings. The van der Waals surface area contributed by atoms with Gasteiger partial charge in [-0.15, -0.1) is 0 Å². The van der Waals surface area contributed by atoms with Gasteiger partial charge < -0.3 is 4.42 Å². The Morgan fingerprint density at radius 3 is 2.57 bits per heavy atom. The van der Waals surface area contributed by atoms with Crippen LogP contribution >= 0.6 is 0 Å². The highest BCUT2D eigenvalue weighted by Gasteiger charge is 2.15. The van der Waals surface area contributed by atoms with Crippen molar-refractivity contribution in [3.63, 3.8) is 0 Å². The summed E-state index contributed by atoms with van der Waals surface area (Å²) < 4.78 is 5.61. The minimum atomic E-state index is -0.154. The van der Waals surface area contributed by atoms with Crippen molar-refractivity contribution in [2.45, 2.75) is 0 Å². The number of ketones is 1. The highest BCUT2D eigenvalue weighted by molar-refractivity contribution is 6.10. The van der Waals surface area contributed by atoms with Gasteiger partial charge in [-0.2, -0.15) is 0 Å². The molecule has 0 saturated carbocycles. The molecule has 0 amide bonds. The summed E-state index contributed by atoms with van der Waals surface area (Å²) in [6, 6.07) is 14.6. The zero-order valence-electron chi connectivity index (χ0n) is 11.0. The molecule has 2 aromatic carbocycles. The fourth-order valence-corrected chi connectivity index (χ4v) is 2.34. The van der Waals surface area contributed by atoms with E-state index in [0.29, 0.717) is 22.4 Å². The van der Waals surface area contributed by atoms with Crippen molar-refractivity contribution >= 4 is 27.8 Å². The minimum absolute atomic E-state index is 0.154. The van der Waals surface area contributed by atoms with E-state index in [2.05, 4.69) is 9.97 Å². The smallest absolute Gasteiger partial charge is 0.228 e. The third-order valence-corrected chi connectivity index (χ3v) is 3.38. The Morgan fingerprint density at radius 1 is 0.905 bits per heavy atom. The van der Waals surface area contributed by atoms with Crippen LogP contribution in [0.25, 0.3) is 22.0 Å². The van der Waals surface area contributed by atoms with Gasteiger partial charge in [0, 0.05) is 23.3 Å². The molecule has 2 aromatic heterocycles. The first-order valence-corrected chi connectivity index (χ1v) is 6.55. The molecule has 4 heteroatoms.